The summed E-state index contributed by atoms with van der Waals surface area (Å²) >= 11 is 0. The van der Waals surface area contributed by atoms with Crippen LogP contribution in [0.5, 0.6) is 5.75 Å². The van der Waals surface area contributed by atoms with E-state index in [4.69, 9.17) is 5.11 Å². The van der Waals surface area contributed by atoms with Crippen molar-refractivity contribution in [3.8, 4) is 17.6 Å². The molecule has 7 nitrogen and oxygen atoms in total. The van der Waals surface area contributed by atoms with Gasteiger partial charge in [0.05, 0.1) is 0 Å². The van der Waals surface area contributed by atoms with Crippen molar-refractivity contribution in [1.82, 2.24) is 10.4 Å². The molecule has 0 saturated heterocycles. The van der Waals surface area contributed by atoms with Gasteiger partial charge in [0.2, 0.25) is 0 Å². The quantitative estimate of drug-likeness (QED) is 0.350. The van der Waals surface area contributed by atoms with Crippen LogP contribution in [0.4, 0.5) is 5.82 Å². The molecule has 5 N–H and O–H groups in total. The van der Waals surface area contributed by atoms with E-state index in [0.717, 1.165) is 32.1 Å². The number of nitrogens with zero attached hydrogens (tertiary/aromatic N) is 1. The number of hydrogen-bond donors (Lipinski definition) is 5. The van der Waals surface area contributed by atoms with E-state index < -0.39 is 11.6 Å². The van der Waals surface area contributed by atoms with Crippen LogP contribution in [0.3, 0.4) is 0 Å². The Morgan fingerprint density at radius 1 is 1.21 bits per heavy atom. The fraction of sp³-hybridized carbons (Fsp3) is 0.481. The maximum absolute atomic E-state index is 11.7. The molecule has 7 heteroatoms. The number of rotatable bonds is 4. The van der Waals surface area contributed by atoms with Crippen molar-refractivity contribution in [2.24, 2.45) is 17.3 Å². The lowest BCUT2D eigenvalue weighted by atomic mass is 9.53. The van der Waals surface area contributed by atoms with Crippen LogP contribution in [0.25, 0.3) is 0 Å². The number of benzene rings is 1. The summed E-state index contributed by atoms with van der Waals surface area (Å²) in [6.07, 6.45) is 7.32. The van der Waals surface area contributed by atoms with Gasteiger partial charge in [-0.15, -0.1) is 0 Å². The number of aliphatic hydroxyl groups is 1. The van der Waals surface area contributed by atoms with Gasteiger partial charge < -0.3 is 20.7 Å². The summed E-state index contributed by atoms with van der Waals surface area (Å²) in [5, 5.41) is 30.3. The highest BCUT2D eigenvalue weighted by atomic mass is 16.4. The van der Waals surface area contributed by atoms with Crippen molar-refractivity contribution in [2.45, 2.75) is 57.0 Å². The van der Waals surface area contributed by atoms with E-state index in [-0.39, 0.29) is 12.0 Å². The number of aliphatic carboxylic acids is 1. The SMILES string of the molecule is C[C@]12CC[C@@H]3c4ccc(O)cc4CC[C@H]3[C@@H]1CC[C@@]2(O)C#Cc1ccc(NNCC(=O)O)nc1. The Bertz CT molecular complexity index is 1150. The molecule has 1 aromatic heterocycles. The third-order valence-corrected chi connectivity index (χ3v) is 8.49. The van der Waals surface area contributed by atoms with E-state index in [0.29, 0.717) is 41.3 Å². The van der Waals surface area contributed by atoms with Crippen LogP contribution in [0.2, 0.25) is 0 Å². The maximum Gasteiger partial charge on any atom is 0.319 e. The van der Waals surface area contributed by atoms with Crippen molar-refractivity contribution in [3.63, 3.8) is 0 Å². The van der Waals surface area contributed by atoms with Crippen LogP contribution >= 0.6 is 0 Å². The molecule has 0 spiro atoms. The zero-order valence-electron chi connectivity index (χ0n) is 19.3. The molecule has 0 unspecified atom stereocenters. The van der Waals surface area contributed by atoms with Gasteiger partial charge in [-0.1, -0.05) is 24.8 Å². The zero-order valence-corrected chi connectivity index (χ0v) is 19.3. The summed E-state index contributed by atoms with van der Waals surface area (Å²) < 4.78 is 0. The fourth-order valence-electron chi connectivity index (χ4n) is 6.72. The second kappa shape index (κ2) is 8.61. The van der Waals surface area contributed by atoms with Crippen LogP contribution in [-0.2, 0) is 11.2 Å². The van der Waals surface area contributed by atoms with Crippen molar-refractivity contribution < 1.29 is 20.1 Å². The topological polar surface area (TPSA) is 115 Å². The minimum absolute atomic E-state index is 0.216. The van der Waals surface area contributed by atoms with Crippen molar-refractivity contribution in [3.05, 3.63) is 53.2 Å². The number of carboxylic acids is 1. The number of aromatic nitrogens is 1. The Morgan fingerprint density at radius 2 is 2.06 bits per heavy atom. The number of aromatic hydroxyl groups is 1. The standard InChI is InChI=1S/C27H31N3O4/c1-26-11-9-21-20-6-4-19(31)14-18(20)3-5-22(21)23(26)10-13-27(26,34)12-8-17-2-7-24(28-15-17)30-29-16-25(32)33/h2,4,6-7,14-15,21-23,29,31,34H,3,5,9-11,13,16H2,1H3,(H,28,30)(H,32,33)/t21-,22-,23+,26+,27+/m1/s1. The first kappa shape index (κ1) is 22.7. The minimum Gasteiger partial charge on any atom is -0.508 e. The highest BCUT2D eigenvalue weighted by Gasteiger charge is 2.61. The average molecular weight is 462 g/mol. The summed E-state index contributed by atoms with van der Waals surface area (Å²) in [7, 11) is 0. The van der Waals surface area contributed by atoms with Crippen LogP contribution in [0.15, 0.2) is 36.5 Å². The Morgan fingerprint density at radius 3 is 2.82 bits per heavy atom. The first-order chi connectivity index (χ1) is 16.3. The molecular weight excluding hydrogens is 430 g/mol. The smallest absolute Gasteiger partial charge is 0.319 e. The molecule has 1 heterocycles. The Hall–Kier alpha value is -3.08. The number of carboxylic acid groups (broad SMARTS) is 1. The molecule has 3 aliphatic rings. The van der Waals surface area contributed by atoms with Crippen molar-refractivity contribution >= 4 is 11.8 Å². The van der Waals surface area contributed by atoms with Gasteiger partial charge in [0, 0.05) is 17.2 Å². The van der Waals surface area contributed by atoms with Crippen LogP contribution in [0.1, 0.15) is 61.6 Å². The van der Waals surface area contributed by atoms with Crippen LogP contribution in [0, 0.1) is 29.1 Å². The summed E-state index contributed by atoms with van der Waals surface area (Å²) in [6.45, 7) is 2.01. The third kappa shape index (κ3) is 3.91. The first-order valence-electron chi connectivity index (χ1n) is 12.0. The number of phenols is 1. The number of pyridine rings is 1. The molecule has 34 heavy (non-hydrogen) atoms. The van der Waals surface area contributed by atoms with Gasteiger partial charge >= 0.3 is 5.97 Å². The molecule has 2 saturated carbocycles. The maximum atomic E-state index is 11.7. The summed E-state index contributed by atoms with van der Waals surface area (Å²) in [4.78, 5) is 14.8. The molecule has 0 bridgehead atoms. The molecular formula is C27H31N3O4. The molecule has 3 aliphatic carbocycles. The summed E-state index contributed by atoms with van der Waals surface area (Å²) in [5.41, 5.74) is 7.41. The molecule has 0 radical (unpaired) electrons. The molecule has 1 aromatic carbocycles. The highest BCUT2D eigenvalue weighted by molar-refractivity contribution is 5.69. The molecule has 5 atom stereocenters. The lowest BCUT2D eigenvalue weighted by molar-refractivity contribution is -0.135. The molecule has 0 amide bonds. The number of hydrazine groups is 1. The van der Waals surface area contributed by atoms with Gasteiger partial charge in [0.25, 0.3) is 0 Å². The second-order valence-electron chi connectivity index (χ2n) is 10.2. The highest BCUT2D eigenvalue weighted by Crippen LogP contribution is 2.64. The van der Waals surface area contributed by atoms with Crippen molar-refractivity contribution in [2.75, 3.05) is 12.0 Å². The number of carbonyl (C=O) groups is 1. The molecule has 178 valence electrons. The van der Waals surface area contributed by atoms with E-state index in [1.54, 1.807) is 12.3 Å². The van der Waals surface area contributed by atoms with E-state index in [9.17, 15) is 15.0 Å². The monoisotopic (exact) mass is 461 g/mol. The van der Waals surface area contributed by atoms with E-state index in [1.165, 1.54) is 11.1 Å². The normalized spacial score (nSPS) is 31.4. The predicted octanol–water partition coefficient (Wildman–Crippen LogP) is 3.43. The molecule has 2 fully saturated rings. The van der Waals surface area contributed by atoms with Gasteiger partial charge in [-0.25, -0.2) is 10.4 Å². The number of aryl methyl sites for hydroxylation is 1. The zero-order chi connectivity index (χ0) is 23.9. The fourth-order valence-corrected chi connectivity index (χ4v) is 6.72. The predicted molar refractivity (Wildman–Crippen MR) is 128 cm³/mol. The molecule has 5 rings (SSSR count). The third-order valence-electron chi connectivity index (χ3n) is 8.49. The lowest BCUT2D eigenvalue weighted by Crippen LogP contribution is -2.50. The van der Waals surface area contributed by atoms with Crippen LogP contribution < -0.4 is 10.9 Å². The van der Waals surface area contributed by atoms with Gasteiger partial charge in [-0.2, -0.15) is 0 Å². The van der Waals surface area contributed by atoms with Gasteiger partial charge in [-0.3, -0.25) is 4.79 Å². The van der Waals surface area contributed by atoms with Crippen LogP contribution in [-0.4, -0.2) is 38.4 Å². The number of phenolic OH excluding ortho intramolecular Hbond substituents is 1. The number of nitrogens with one attached hydrogen (secondary N) is 2. The van der Waals surface area contributed by atoms with Gasteiger partial charge in [0.15, 0.2) is 0 Å². The van der Waals surface area contributed by atoms with Gasteiger partial charge in [-0.05, 0) is 91.7 Å². The summed E-state index contributed by atoms with van der Waals surface area (Å²) in [5.74, 6) is 7.73. The summed E-state index contributed by atoms with van der Waals surface area (Å²) in [6, 6.07) is 9.38. The Balaban J connectivity index is 1.32. The largest absolute Gasteiger partial charge is 0.508 e. The van der Waals surface area contributed by atoms with E-state index in [2.05, 4.69) is 40.7 Å². The van der Waals surface area contributed by atoms with E-state index >= 15 is 0 Å². The molecule has 0 aliphatic heterocycles. The Kier molecular flexibility index (Phi) is 5.75. The second-order valence-corrected chi connectivity index (χ2v) is 10.2. The minimum atomic E-state index is -1.03. The van der Waals surface area contributed by atoms with Crippen molar-refractivity contribution in [1.29, 1.82) is 0 Å². The van der Waals surface area contributed by atoms with E-state index in [1.807, 2.05) is 18.2 Å². The Labute approximate surface area is 199 Å². The first-order valence-corrected chi connectivity index (χ1v) is 12.0. The number of hydrogen-bond acceptors (Lipinski definition) is 6. The number of fused-ring (bicyclic) bond motifs is 5. The average Bonchev–Trinajstić information content (AvgIpc) is 3.09. The lowest BCUT2D eigenvalue weighted by Gasteiger charge is -2.52. The van der Waals surface area contributed by atoms with Gasteiger partial charge in [0.1, 0.15) is 23.7 Å². The number of anilines is 1. The molecule has 2 aromatic rings.